The molecule has 1 aromatic carbocycles. The van der Waals surface area contributed by atoms with Gasteiger partial charge in [-0.15, -0.1) is 35.7 Å². The van der Waals surface area contributed by atoms with Crippen LogP contribution in [-0.2, 0) is 0 Å². The van der Waals surface area contributed by atoms with Crippen molar-refractivity contribution in [2.24, 2.45) is 4.99 Å². The molecule has 0 fully saturated rings. The number of nitrogens with one attached hydrogen (secondary N) is 2. The molecule has 4 nitrogen and oxygen atoms in total. The smallest absolute Gasteiger partial charge is 0.191 e. The third kappa shape index (κ3) is 10.8. The van der Waals surface area contributed by atoms with E-state index in [2.05, 4.69) is 58.6 Å². The first kappa shape index (κ1) is 22.5. The first-order valence-electron chi connectivity index (χ1n) is 8.14. The summed E-state index contributed by atoms with van der Waals surface area (Å²) in [6.07, 6.45) is 1.14. The molecule has 0 spiro atoms. The highest BCUT2D eigenvalue weighted by Gasteiger charge is 2.00. The summed E-state index contributed by atoms with van der Waals surface area (Å²) in [6.45, 7) is 9.68. The van der Waals surface area contributed by atoms with Crippen molar-refractivity contribution in [2.75, 3.05) is 45.5 Å². The van der Waals surface area contributed by atoms with E-state index in [9.17, 15) is 0 Å². The molecule has 0 aromatic heterocycles. The summed E-state index contributed by atoms with van der Waals surface area (Å²) in [5.41, 5.74) is 0. The minimum Gasteiger partial charge on any atom is -0.356 e. The van der Waals surface area contributed by atoms with Crippen molar-refractivity contribution in [3.05, 3.63) is 30.3 Å². The second-order valence-corrected chi connectivity index (χ2v) is 6.14. The van der Waals surface area contributed by atoms with E-state index in [4.69, 9.17) is 0 Å². The molecular formula is C17H31IN4S. The van der Waals surface area contributed by atoms with Crippen molar-refractivity contribution < 1.29 is 0 Å². The molecule has 1 aromatic rings. The van der Waals surface area contributed by atoms with Crippen LogP contribution in [0.4, 0.5) is 0 Å². The van der Waals surface area contributed by atoms with Crippen LogP contribution in [0.5, 0.6) is 0 Å². The normalized spacial score (nSPS) is 11.2. The molecular weight excluding hydrogens is 419 g/mol. The number of benzene rings is 1. The molecule has 0 atom stereocenters. The number of guanidine groups is 1. The zero-order valence-corrected chi connectivity index (χ0v) is 17.7. The lowest BCUT2D eigenvalue weighted by atomic mass is 10.3. The number of nitrogens with zero attached hydrogens (tertiary/aromatic N) is 2. The molecule has 0 radical (unpaired) electrons. The molecule has 0 heterocycles. The predicted octanol–water partition coefficient (Wildman–Crippen LogP) is 3.29. The van der Waals surface area contributed by atoms with Crippen molar-refractivity contribution in [3.63, 3.8) is 0 Å². The SMILES string of the molecule is CCN(CC)CCCNC(=NC)NCCSc1ccccc1.I. The van der Waals surface area contributed by atoms with Crippen LogP contribution in [0.15, 0.2) is 40.2 Å². The Morgan fingerprint density at radius 3 is 2.35 bits per heavy atom. The van der Waals surface area contributed by atoms with E-state index in [0.29, 0.717) is 0 Å². The minimum atomic E-state index is 0. The van der Waals surface area contributed by atoms with E-state index >= 15 is 0 Å². The van der Waals surface area contributed by atoms with Gasteiger partial charge in [-0.1, -0.05) is 32.0 Å². The van der Waals surface area contributed by atoms with Gasteiger partial charge in [0.05, 0.1) is 0 Å². The van der Waals surface area contributed by atoms with Crippen molar-refractivity contribution in [2.45, 2.75) is 25.2 Å². The zero-order valence-electron chi connectivity index (χ0n) is 14.5. The summed E-state index contributed by atoms with van der Waals surface area (Å²) in [4.78, 5) is 8.01. The molecule has 132 valence electrons. The molecule has 0 aliphatic heterocycles. The van der Waals surface area contributed by atoms with Crippen LogP contribution < -0.4 is 10.6 Å². The highest BCUT2D eigenvalue weighted by atomic mass is 127. The molecule has 0 bridgehead atoms. The van der Waals surface area contributed by atoms with E-state index in [1.54, 1.807) is 0 Å². The van der Waals surface area contributed by atoms with Crippen LogP contribution in [0.2, 0.25) is 0 Å². The Balaban J connectivity index is 0.00000484. The number of hydrogen-bond acceptors (Lipinski definition) is 3. The number of aliphatic imine (C=N–C) groups is 1. The molecule has 6 heteroatoms. The highest BCUT2D eigenvalue weighted by molar-refractivity contribution is 14.0. The van der Waals surface area contributed by atoms with Gasteiger partial charge in [-0.2, -0.15) is 0 Å². The Morgan fingerprint density at radius 2 is 1.74 bits per heavy atom. The van der Waals surface area contributed by atoms with E-state index in [-0.39, 0.29) is 24.0 Å². The van der Waals surface area contributed by atoms with E-state index in [0.717, 1.165) is 50.9 Å². The quantitative estimate of drug-likeness (QED) is 0.189. The lowest BCUT2D eigenvalue weighted by Crippen LogP contribution is -2.39. The fraction of sp³-hybridized carbons (Fsp3) is 0.588. The molecule has 1 rings (SSSR count). The zero-order chi connectivity index (χ0) is 16.0. The van der Waals surface area contributed by atoms with Crippen LogP contribution in [0.25, 0.3) is 0 Å². The van der Waals surface area contributed by atoms with E-state index in [1.165, 1.54) is 4.90 Å². The molecule has 23 heavy (non-hydrogen) atoms. The van der Waals surface area contributed by atoms with Crippen LogP contribution in [-0.4, -0.2) is 56.4 Å². The van der Waals surface area contributed by atoms with Crippen molar-refractivity contribution in [1.29, 1.82) is 0 Å². The summed E-state index contributed by atoms with van der Waals surface area (Å²) in [6, 6.07) is 10.5. The van der Waals surface area contributed by atoms with Gasteiger partial charge in [0, 0.05) is 30.8 Å². The fourth-order valence-corrected chi connectivity index (χ4v) is 2.91. The maximum absolute atomic E-state index is 4.26. The minimum absolute atomic E-state index is 0. The second kappa shape index (κ2) is 15.1. The van der Waals surface area contributed by atoms with Crippen molar-refractivity contribution >= 4 is 41.7 Å². The predicted molar refractivity (Wildman–Crippen MR) is 114 cm³/mol. The largest absolute Gasteiger partial charge is 0.356 e. The lowest BCUT2D eigenvalue weighted by molar-refractivity contribution is 0.300. The first-order valence-corrected chi connectivity index (χ1v) is 9.13. The summed E-state index contributed by atoms with van der Waals surface area (Å²) in [5.74, 6) is 1.93. The van der Waals surface area contributed by atoms with Crippen molar-refractivity contribution in [1.82, 2.24) is 15.5 Å². The average molecular weight is 450 g/mol. The van der Waals surface area contributed by atoms with Crippen LogP contribution in [0, 0.1) is 0 Å². The Labute approximate surface area is 162 Å². The maximum Gasteiger partial charge on any atom is 0.191 e. The van der Waals surface area contributed by atoms with Crippen LogP contribution >= 0.6 is 35.7 Å². The molecule has 2 N–H and O–H groups in total. The maximum atomic E-state index is 4.26. The van der Waals surface area contributed by atoms with E-state index < -0.39 is 0 Å². The highest BCUT2D eigenvalue weighted by Crippen LogP contribution is 2.15. The Kier molecular flexibility index (Phi) is 14.8. The second-order valence-electron chi connectivity index (χ2n) is 4.97. The molecule has 0 unspecified atom stereocenters. The lowest BCUT2D eigenvalue weighted by Gasteiger charge is -2.18. The third-order valence-electron chi connectivity index (χ3n) is 3.47. The van der Waals surface area contributed by atoms with Gasteiger partial charge < -0.3 is 15.5 Å². The van der Waals surface area contributed by atoms with Crippen LogP contribution in [0.3, 0.4) is 0 Å². The van der Waals surface area contributed by atoms with Gasteiger partial charge >= 0.3 is 0 Å². The molecule has 0 saturated heterocycles. The standard InChI is InChI=1S/C17H30N4S.HI/c1-4-21(5-2)14-9-12-19-17(18-3)20-13-15-22-16-10-7-6-8-11-16;/h6-8,10-11H,4-5,9,12-15H2,1-3H3,(H2,18,19,20);1H. The van der Waals surface area contributed by atoms with Gasteiger partial charge in [-0.3, -0.25) is 4.99 Å². The third-order valence-corrected chi connectivity index (χ3v) is 4.48. The van der Waals surface area contributed by atoms with Gasteiger partial charge in [0.2, 0.25) is 0 Å². The Morgan fingerprint density at radius 1 is 1.09 bits per heavy atom. The Hall–Kier alpha value is -0.470. The summed E-state index contributed by atoms with van der Waals surface area (Å²) < 4.78 is 0. The fourth-order valence-electron chi connectivity index (χ4n) is 2.12. The molecule has 0 aliphatic carbocycles. The monoisotopic (exact) mass is 450 g/mol. The summed E-state index contributed by atoms with van der Waals surface area (Å²) in [7, 11) is 1.82. The Bertz CT molecular complexity index is 410. The van der Waals surface area contributed by atoms with E-state index in [1.807, 2.05) is 24.9 Å². The van der Waals surface area contributed by atoms with Crippen LogP contribution in [0.1, 0.15) is 20.3 Å². The van der Waals surface area contributed by atoms with Gasteiger partial charge in [0.25, 0.3) is 0 Å². The van der Waals surface area contributed by atoms with Gasteiger partial charge in [-0.05, 0) is 38.2 Å². The van der Waals surface area contributed by atoms with Gasteiger partial charge in [0.15, 0.2) is 5.96 Å². The topological polar surface area (TPSA) is 39.7 Å². The summed E-state index contributed by atoms with van der Waals surface area (Å²) in [5, 5.41) is 6.73. The first-order chi connectivity index (χ1) is 10.8. The number of thioether (sulfide) groups is 1. The summed E-state index contributed by atoms with van der Waals surface area (Å²) >= 11 is 1.86. The van der Waals surface area contributed by atoms with Gasteiger partial charge in [0.1, 0.15) is 0 Å². The van der Waals surface area contributed by atoms with Gasteiger partial charge in [-0.25, -0.2) is 0 Å². The average Bonchev–Trinajstić information content (AvgIpc) is 2.57. The number of hydrogen-bond donors (Lipinski definition) is 2. The molecule has 0 amide bonds. The molecule has 0 saturated carbocycles. The van der Waals surface area contributed by atoms with Crippen molar-refractivity contribution in [3.8, 4) is 0 Å². The number of halogens is 1. The number of rotatable bonds is 10. The molecule has 0 aliphatic rings.